The van der Waals surface area contributed by atoms with E-state index in [9.17, 15) is 34.2 Å². The van der Waals surface area contributed by atoms with Crippen molar-refractivity contribution in [3.05, 3.63) is 204 Å². The maximum Gasteiger partial charge on any atom is 0.338 e. The molecule has 0 unspecified atom stereocenters. The van der Waals surface area contributed by atoms with E-state index in [-0.39, 0.29) is 59.8 Å². The molecule has 0 spiro atoms. The van der Waals surface area contributed by atoms with Crippen molar-refractivity contribution in [2.45, 2.75) is 102 Å². The van der Waals surface area contributed by atoms with Crippen molar-refractivity contribution in [3.8, 4) is 28.8 Å². The Labute approximate surface area is 535 Å². The van der Waals surface area contributed by atoms with Crippen LogP contribution in [0, 0.1) is 0 Å². The fourth-order valence-corrected chi connectivity index (χ4v) is 10.7. The molecular formula is C65H70ClN15O11. The molecule has 9 aromatic rings. The molecule has 26 nitrogen and oxygen atoms in total. The minimum Gasteiger partial charge on any atom is -0.472 e. The quantitative estimate of drug-likeness (QED) is 0.0832. The molecule has 0 saturated carbocycles. The van der Waals surface area contributed by atoms with E-state index in [1.165, 1.54) is 53.1 Å². The van der Waals surface area contributed by atoms with Crippen LogP contribution >= 0.6 is 11.6 Å². The maximum atomic E-state index is 13.4. The number of hydrogen-bond donors (Lipinski definition) is 2. The van der Waals surface area contributed by atoms with E-state index in [0.717, 1.165) is 44.1 Å². The number of carbonyl (C=O) groups is 5. The summed E-state index contributed by atoms with van der Waals surface area (Å²) >= 11 is 5.53. The first-order chi connectivity index (χ1) is 44.6. The number of aromatic nitrogens is 12. The third-order valence-electron chi connectivity index (χ3n) is 15.5. The Morgan fingerprint density at radius 1 is 0.467 bits per heavy atom. The third kappa shape index (κ3) is 16.9. The number of nitrogens with zero attached hydrogens (tertiary/aromatic N) is 15. The number of esters is 2. The molecule has 3 aromatic carbocycles. The highest BCUT2D eigenvalue weighted by molar-refractivity contribution is 6.29. The van der Waals surface area contributed by atoms with Crippen molar-refractivity contribution in [2.75, 3.05) is 33.9 Å². The zero-order valence-corrected chi connectivity index (χ0v) is 52.0. The number of piperidine rings is 3. The molecule has 9 heterocycles. The number of pyridine rings is 3. The van der Waals surface area contributed by atoms with Crippen LogP contribution in [0.5, 0.6) is 11.8 Å². The Kier molecular flexibility index (Phi) is 22.9. The highest BCUT2D eigenvalue weighted by Gasteiger charge is 2.35. The van der Waals surface area contributed by atoms with E-state index in [0.29, 0.717) is 76.3 Å². The number of hydrogen-bond acceptors (Lipinski definition) is 20. The topological polar surface area (TPSA) is 303 Å². The smallest absolute Gasteiger partial charge is 0.338 e. The first-order valence-corrected chi connectivity index (χ1v) is 30.1. The van der Waals surface area contributed by atoms with Crippen LogP contribution < -0.4 is 9.47 Å². The highest BCUT2D eigenvalue weighted by Crippen LogP contribution is 2.28. The van der Waals surface area contributed by atoms with Crippen molar-refractivity contribution in [3.63, 3.8) is 0 Å². The van der Waals surface area contributed by atoms with Crippen LogP contribution in [0.4, 0.5) is 0 Å². The normalized spacial score (nSPS) is 18.5. The van der Waals surface area contributed by atoms with E-state index in [2.05, 4.69) is 50.3 Å². The van der Waals surface area contributed by atoms with Gasteiger partial charge in [-0.1, -0.05) is 48.0 Å². The van der Waals surface area contributed by atoms with Gasteiger partial charge in [0.15, 0.2) is 0 Å². The predicted molar refractivity (Wildman–Crippen MR) is 334 cm³/mol. The minimum atomic E-state index is -0.454. The van der Waals surface area contributed by atoms with Gasteiger partial charge in [0, 0.05) is 55.4 Å². The van der Waals surface area contributed by atoms with Crippen LogP contribution in [-0.2, 0) is 16.1 Å². The van der Waals surface area contributed by atoms with Gasteiger partial charge in [0.05, 0.1) is 122 Å². The minimum absolute atomic E-state index is 0.0559. The molecule has 27 heteroatoms. The molecule has 6 aromatic heterocycles. The van der Waals surface area contributed by atoms with Crippen LogP contribution in [-0.4, -0.2) is 185 Å². The highest BCUT2D eigenvalue weighted by atomic mass is 35.5. The number of aliphatic hydroxyl groups excluding tert-OH is 2. The lowest BCUT2D eigenvalue weighted by Crippen LogP contribution is -2.49. The molecule has 2 N–H and O–H groups in total. The van der Waals surface area contributed by atoms with E-state index >= 15 is 0 Å². The summed E-state index contributed by atoms with van der Waals surface area (Å²) < 4.78 is 21.2. The summed E-state index contributed by atoms with van der Waals surface area (Å²) in [5.74, 6) is -0.338. The molecular weight excluding hydrogens is 1200 g/mol. The number of benzene rings is 3. The third-order valence-corrected chi connectivity index (χ3v) is 15.7. The first kappa shape index (κ1) is 66.1. The van der Waals surface area contributed by atoms with Crippen LogP contribution in [0.3, 0.4) is 0 Å². The molecule has 3 saturated heterocycles. The number of methoxy groups -OCH3 is 2. The van der Waals surface area contributed by atoms with E-state index in [4.69, 9.17) is 25.8 Å². The standard InChI is InChI=1S/C22H23N5O4.C21H23N5O3.C15H18N4O2.C7H6ClNO2/c1-15-7-8-17(31-20-13-16(9-10-23-20)22(29)30-2)14-26(15)21(28)18-5-3-4-6-19(18)27-24-11-12-25-27;1-15-6-7-17(29-20-12-16(14-27)8-9-22-20)13-25(15)21(28)18-4-2-3-5-19(18)26-23-10-11-24-26;1-11-6-7-12(20)10-18(11)15(21)13-4-2-3-5-14(13)19-16-8-9-17-19;1-11-7(10)5-2-3-9-6(8)4-5/h3-6,9-13,15,17H,7-8,14H2,1-2H3;2-5,8-12,15,17,27H,6-7,13-14H2,1H3;2-5,8-9,11-12,20H,6-7,10H2,1H3;2-4H,1H3/t2*15-,17-;11-,12-;/m111./s1. The Hall–Kier alpha value is -10.3. The van der Waals surface area contributed by atoms with Crippen molar-refractivity contribution < 1.29 is 53.1 Å². The molecule has 0 aliphatic carbocycles. The second kappa shape index (κ2) is 31.9. The van der Waals surface area contributed by atoms with Crippen LogP contribution in [0.2, 0.25) is 5.15 Å². The maximum absolute atomic E-state index is 13.4. The Morgan fingerprint density at radius 2 is 0.837 bits per heavy atom. The van der Waals surface area contributed by atoms with Crippen molar-refractivity contribution >= 4 is 41.3 Å². The number of amides is 3. The summed E-state index contributed by atoms with van der Waals surface area (Å²) in [5.41, 5.74) is 5.07. The zero-order chi connectivity index (χ0) is 65.1. The molecule has 92 heavy (non-hydrogen) atoms. The zero-order valence-electron chi connectivity index (χ0n) is 51.3. The number of rotatable bonds is 13. The Morgan fingerprint density at radius 3 is 1.25 bits per heavy atom. The lowest BCUT2D eigenvalue weighted by Gasteiger charge is -2.38. The molecule has 12 rings (SSSR count). The molecule has 3 amide bonds. The van der Waals surface area contributed by atoms with Gasteiger partial charge in [0.1, 0.15) is 17.4 Å². The monoisotopic (exact) mass is 1270 g/mol. The van der Waals surface area contributed by atoms with E-state index in [1.807, 2.05) is 80.3 Å². The predicted octanol–water partition coefficient (Wildman–Crippen LogP) is 7.52. The van der Waals surface area contributed by atoms with Crippen molar-refractivity contribution in [1.29, 1.82) is 0 Å². The van der Waals surface area contributed by atoms with Gasteiger partial charge in [-0.25, -0.2) is 24.5 Å². The number of β-amino-alcohol motifs (C(OH)–C–C–N with tert-alkyl or cyclic N) is 1. The second-order valence-corrected chi connectivity index (χ2v) is 22.1. The Balaban J connectivity index is 0.000000153. The van der Waals surface area contributed by atoms with Gasteiger partial charge in [-0.2, -0.15) is 45.0 Å². The number of ether oxygens (including phenoxy) is 4. The summed E-state index contributed by atoms with van der Waals surface area (Å²) in [5, 5.41) is 44.2. The fourth-order valence-electron chi connectivity index (χ4n) is 10.6. The molecule has 6 atom stereocenters. The molecule has 0 radical (unpaired) electrons. The largest absolute Gasteiger partial charge is 0.472 e. The molecule has 478 valence electrons. The van der Waals surface area contributed by atoms with Gasteiger partial charge in [0.25, 0.3) is 17.7 Å². The van der Waals surface area contributed by atoms with E-state index in [1.54, 1.807) is 95.6 Å². The Bertz CT molecular complexity index is 3900. The molecule has 3 aliphatic rings. The average molecular weight is 1270 g/mol. The number of halogens is 1. The van der Waals surface area contributed by atoms with Gasteiger partial charge in [0.2, 0.25) is 11.8 Å². The van der Waals surface area contributed by atoms with Crippen molar-refractivity contribution in [1.82, 2.24) is 74.6 Å². The molecule has 3 aliphatic heterocycles. The first-order valence-electron chi connectivity index (χ1n) is 29.7. The second-order valence-electron chi connectivity index (χ2n) is 21.7. The van der Waals surface area contributed by atoms with Gasteiger partial charge < -0.3 is 43.9 Å². The van der Waals surface area contributed by atoms with Crippen LogP contribution in [0.25, 0.3) is 17.1 Å². The summed E-state index contributed by atoms with van der Waals surface area (Å²) in [7, 11) is 2.64. The number of para-hydroxylation sites is 3. The lowest BCUT2D eigenvalue weighted by atomic mass is 9.99. The summed E-state index contributed by atoms with van der Waals surface area (Å²) in [6.45, 7) is 7.27. The summed E-state index contributed by atoms with van der Waals surface area (Å²) in [6, 6.07) is 31.7. The average Bonchev–Trinajstić information content (AvgIpc) is 2.05. The summed E-state index contributed by atoms with van der Waals surface area (Å²) in [6.07, 6.45) is 18.0. The van der Waals surface area contributed by atoms with E-state index < -0.39 is 18.0 Å². The molecule has 0 bridgehead atoms. The molecule has 3 fully saturated rings. The summed E-state index contributed by atoms with van der Waals surface area (Å²) in [4.78, 5) is 84.1. The number of aliphatic hydroxyl groups is 2. The van der Waals surface area contributed by atoms with Crippen LogP contribution in [0.15, 0.2) is 165 Å². The number of likely N-dealkylation sites (tertiary alicyclic amines) is 3. The number of carbonyl (C=O) groups excluding carboxylic acids is 5. The SMILES string of the molecule is COC(=O)c1ccnc(Cl)c1.COC(=O)c1ccnc(O[C@@H]2CC[C@@H](C)N(C(=O)c3ccccc3-n3nccn3)C2)c1.C[C@@H]1CC[C@@H](O)CN1C(=O)c1ccccc1-n1nccn1.C[C@@H]1CC[C@@H](Oc2cc(CO)ccn2)CN1C(=O)c1ccccc1-n1nccn1. The lowest BCUT2D eigenvalue weighted by molar-refractivity contribution is 0.0309. The van der Waals surface area contributed by atoms with Gasteiger partial charge in [-0.15, -0.1) is 0 Å². The van der Waals surface area contributed by atoms with Gasteiger partial charge >= 0.3 is 11.9 Å². The van der Waals surface area contributed by atoms with Crippen LogP contribution in [0.1, 0.15) is 117 Å². The fraction of sp³-hybridized carbons (Fsp3) is 0.323. The van der Waals surface area contributed by atoms with Crippen molar-refractivity contribution in [2.24, 2.45) is 0 Å². The van der Waals surface area contributed by atoms with Gasteiger partial charge in [-0.3, -0.25) is 14.4 Å². The van der Waals surface area contributed by atoms with Gasteiger partial charge in [-0.05, 0) is 126 Å².